The van der Waals surface area contributed by atoms with Gasteiger partial charge in [-0.25, -0.2) is 22.2 Å². The zero-order valence-corrected chi connectivity index (χ0v) is 31.6. The Bertz CT molecular complexity index is 2900. The molecule has 58 heavy (non-hydrogen) atoms. The highest BCUT2D eigenvalue weighted by Crippen LogP contribution is 2.68. The Hall–Kier alpha value is -5.83. The van der Waals surface area contributed by atoms with Crippen molar-refractivity contribution in [2.24, 2.45) is 13.0 Å². The number of H-pyrrole nitrogens is 1. The van der Waals surface area contributed by atoms with Crippen molar-refractivity contribution < 1.29 is 43.9 Å². The predicted octanol–water partition coefficient (Wildman–Crippen LogP) is 7.41. The number of thiazole rings is 1. The molecule has 3 atom stereocenters. The van der Waals surface area contributed by atoms with Gasteiger partial charge in [-0.3, -0.25) is 24.0 Å². The number of hydrogen-bond donors (Lipinski definition) is 3. The molecule has 1 saturated carbocycles. The Kier molecular flexibility index (Phi) is 8.52. The normalized spacial score (nSPS) is 17.7. The molecule has 0 spiro atoms. The van der Waals surface area contributed by atoms with Gasteiger partial charge in [0.1, 0.15) is 28.9 Å². The van der Waals surface area contributed by atoms with Gasteiger partial charge in [0.15, 0.2) is 11.5 Å². The molecule has 2 aliphatic carbocycles. The zero-order chi connectivity index (χ0) is 41.1. The standard InChI is InChI=1S/C37H28F7N9O3S2/c1-52-31-20(4-3-5-21(31)34(50-52)51-58(2,55)56)22-12-28-27(48-35(57-28)17-13-45-46-14-17)11-23(22)26(8-16-6-18(38)9-19(39)7-16)47-29(54)15-53-33-30(32(49-53)37(42,43)44)24-10-25(24)36(33,40)41/h3-7,9,11-14,24-26H,8,10,15H2,1-2H3,(H,45,46)(H,47,54)(H,50,51)/t24-,25+,26?/m0/s1. The molecule has 1 amide bonds. The summed E-state index contributed by atoms with van der Waals surface area (Å²) in [6.07, 6.45) is -1.30. The maximum atomic E-state index is 15.4. The Morgan fingerprint density at radius 1 is 1.09 bits per heavy atom. The molecule has 3 aromatic carbocycles. The van der Waals surface area contributed by atoms with Gasteiger partial charge in [0.05, 0.1) is 34.2 Å². The number of nitrogens with one attached hydrogen (secondary N) is 3. The van der Waals surface area contributed by atoms with E-state index in [0.29, 0.717) is 59.1 Å². The summed E-state index contributed by atoms with van der Waals surface area (Å²) >= 11 is 1.30. The lowest BCUT2D eigenvalue weighted by atomic mass is 9.90. The number of rotatable bonds is 10. The number of alkyl halides is 5. The van der Waals surface area contributed by atoms with Crippen LogP contribution >= 0.6 is 11.3 Å². The molecule has 4 aromatic heterocycles. The number of nitrogens with zero attached hydrogens (tertiary/aromatic N) is 6. The summed E-state index contributed by atoms with van der Waals surface area (Å²) in [4.78, 5) is 18.8. The lowest BCUT2D eigenvalue weighted by molar-refractivity contribution is -0.142. The van der Waals surface area contributed by atoms with Crippen LogP contribution in [0, 0.1) is 17.6 Å². The van der Waals surface area contributed by atoms with Crippen LogP contribution in [0.1, 0.15) is 46.5 Å². The molecule has 9 rings (SSSR count). The van der Waals surface area contributed by atoms with Crippen molar-refractivity contribution in [2.75, 3.05) is 11.0 Å². The molecule has 0 radical (unpaired) electrons. The quantitative estimate of drug-likeness (QED) is 0.121. The number of aromatic nitrogens is 7. The van der Waals surface area contributed by atoms with Gasteiger partial charge in [-0.2, -0.15) is 37.2 Å². The molecule has 21 heteroatoms. The number of carbonyl (C=O) groups is 1. The Labute approximate surface area is 327 Å². The minimum atomic E-state index is -5.06. The third-order valence-corrected chi connectivity index (χ3v) is 11.9. The third kappa shape index (κ3) is 6.54. The van der Waals surface area contributed by atoms with E-state index in [9.17, 15) is 35.2 Å². The first-order valence-electron chi connectivity index (χ1n) is 17.5. The Balaban J connectivity index is 1.21. The predicted molar refractivity (Wildman–Crippen MR) is 198 cm³/mol. The maximum Gasteiger partial charge on any atom is 0.435 e. The SMILES string of the molecule is Cn1nc(NS(C)(=O)=O)c2cccc(-c3cc4sc(-c5cn[nH]c5)nc4cc3C(Cc3cc(F)cc(F)c3)NC(=O)Cn3nc(C(F)(F)F)c4c3C(F)(F)[C@@H]3C[C@H]43)c21. The molecular weight excluding hydrogens is 816 g/mol. The van der Waals surface area contributed by atoms with Crippen LogP contribution in [0.3, 0.4) is 0 Å². The molecule has 0 bridgehead atoms. The van der Waals surface area contributed by atoms with E-state index in [1.807, 2.05) is 0 Å². The average molecular weight is 844 g/mol. The fraction of sp³-hybridized carbons (Fsp3) is 0.270. The lowest BCUT2D eigenvalue weighted by Crippen LogP contribution is -2.34. The summed E-state index contributed by atoms with van der Waals surface area (Å²) in [5.41, 5.74) is -0.194. The molecule has 300 valence electrons. The van der Waals surface area contributed by atoms with E-state index in [2.05, 4.69) is 30.4 Å². The number of anilines is 1. The smallest absolute Gasteiger partial charge is 0.347 e. The number of sulfonamides is 1. The van der Waals surface area contributed by atoms with Crippen LogP contribution in [0.15, 0.2) is 60.9 Å². The lowest BCUT2D eigenvalue weighted by Gasteiger charge is -2.24. The maximum absolute atomic E-state index is 15.4. The van der Waals surface area contributed by atoms with Crippen LogP contribution in [-0.4, -0.2) is 55.3 Å². The zero-order valence-electron chi connectivity index (χ0n) is 30.0. The number of benzene rings is 3. The second kappa shape index (κ2) is 13.1. The van der Waals surface area contributed by atoms with Crippen LogP contribution in [0.5, 0.6) is 0 Å². The Morgan fingerprint density at radius 3 is 2.53 bits per heavy atom. The van der Waals surface area contributed by atoms with E-state index in [1.54, 1.807) is 49.8 Å². The minimum Gasteiger partial charge on any atom is -0.347 e. The fourth-order valence-electron chi connectivity index (χ4n) is 7.98. The highest BCUT2D eigenvalue weighted by atomic mass is 32.2. The summed E-state index contributed by atoms with van der Waals surface area (Å²) in [6, 6.07) is 9.97. The van der Waals surface area contributed by atoms with Crippen molar-refractivity contribution in [1.29, 1.82) is 0 Å². The van der Waals surface area contributed by atoms with Crippen LogP contribution < -0.4 is 10.0 Å². The number of fused-ring (bicyclic) bond motifs is 5. The topological polar surface area (TPSA) is 152 Å². The van der Waals surface area contributed by atoms with E-state index >= 15 is 8.78 Å². The number of amides is 1. The number of aromatic amines is 1. The summed E-state index contributed by atoms with van der Waals surface area (Å²) in [5, 5.41) is 18.3. The van der Waals surface area contributed by atoms with Gasteiger partial charge in [-0.15, -0.1) is 11.3 Å². The number of carbonyl (C=O) groups excluding carboxylic acids is 1. The minimum absolute atomic E-state index is 0.0315. The highest BCUT2D eigenvalue weighted by molar-refractivity contribution is 7.92. The van der Waals surface area contributed by atoms with E-state index in [4.69, 9.17) is 4.98 Å². The fourth-order valence-corrected chi connectivity index (χ4v) is 9.45. The summed E-state index contributed by atoms with van der Waals surface area (Å²) < 4.78 is 132. The van der Waals surface area contributed by atoms with E-state index in [1.165, 1.54) is 16.0 Å². The first-order valence-corrected chi connectivity index (χ1v) is 20.2. The largest absolute Gasteiger partial charge is 0.435 e. The van der Waals surface area contributed by atoms with E-state index in [-0.39, 0.29) is 24.2 Å². The molecule has 7 aromatic rings. The number of halogens is 7. The third-order valence-electron chi connectivity index (χ3n) is 10.3. The number of para-hydroxylation sites is 1. The first kappa shape index (κ1) is 37.7. The van der Waals surface area contributed by atoms with Crippen molar-refractivity contribution in [2.45, 2.75) is 43.4 Å². The second-order valence-corrected chi connectivity index (χ2v) is 17.2. The average Bonchev–Trinajstić information content (AvgIpc) is 3.54. The Morgan fingerprint density at radius 2 is 1.84 bits per heavy atom. The van der Waals surface area contributed by atoms with Crippen molar-refractivity contribution >= 4 is 54.2 Å². The molecule has 4 heterocycles. The molecule has 0 aliphatic heterocycles. The van der Waals surface area contributed by atoms with E-state index < -0.39 is 81.0 Å². The van der Waals surface area contributed by atoms with Gasteiger partial charge in [-0.05, 0) is 65.8 Å². The van der Waals surface area contributed by atoms with Gasteiger partial charge < -0.3 is 5.32 Å². The van der Waals surface area contributed by atoms with Crippen molar-refractivity contribution in [3.8, 4) is 21.7 Å². The number of hydrogen-bond acceptors (Lipinski definition) is 8. The summed E-state index contributed by atoms with van der Waals surface area (Å²) in [5.74, 6) is -8.83. The van der Waals surface area contributed by atoms with Gasteiger partial charge in [0.25, 0.3) is 5.92 Å². The monoisotopic (exact) mass is 843 g/mol. The molecule has 0 saturated heterocycles. The summed E-state index contributed by atoms with van der Waals surface area (Å²) in [6.45, 7) is -1.03. The van der Waals surface area contributed by atoms with Gasteiger partial charge in [0, 0.05) is 47.3 Å². The summed E-state index contributed by atoms with van der Waals surface area (Å²) in [7, 11) is -2.18. The number of aryl methyl sites for hydroxylation is 1. The van der Waals surface area contributed by atoms with Crippen LogP contribution in [-0.2, 0) is 46.9 Å². The molecule has 12 nitrogen and oxygen atoms in total. The van der Waals surface area contributed by atoms with Crippen molar-refractivity contribution in [3.63, 3.8) is 0 Å². The van der Waals surface area contributed by atoms with Gasteiger partial charge >= 0.3 is 6.18 Å². The highest BCUT2D eigenvalue weighted by Gasteiger charge is 2.68. The van der Waals surface area contributed by atoms with Crippen LogP contribution in [0.2, 0.25) is 0 Å². The van der Waals surface area contributed by atoms with E-state index in [0.717, 1.165) is 18.4 Å². The van der Waals surface area contributed by atoms with Crippen LogP contribution in [0.25, 0.3) is 42.8 Å². The molecule has 3 N–H and O–H groups in total. The van der Waals surface area contributed by atoms with Crippen molar-refractivity contribution in [3.05, 3.63) is 101 Å². The second-order valence-electron chi connectivity index (χ2n) is 14.4. The molecular formula is C37H28F7N9O3S2. The van der Waals surface area contributed by atoms with Crippen LogP contribution in [0.4, 0.5) is 36.6 Å². The van der Waals surface area contributed by atoms with Crippen molar-refractivity contribution in [1.82, 2.24) is 40.1 Å². The molecule has 2 aliphatic rings. The first-order chi connectivity index (χ1) is 27.4. The molecule has 1 fully saturated rings. The van der Waals surface area contributed by atoms with Gasteiger partial charge in [-0.1, -0.05) is 12.1 Å². The van der Waals surface area contributed by atoms with Gasteiger partial charge in [0.2, 0.25) is 15.9 Å². The molecule has 1 unspecified atom stereocenters.